The zero-order valence-electron chi connectivity index (χ0n) is 15.3. The van der Waals surface area contributed by atoms with E-state index in [-0.39, 0.29) is 18.2 Å². The highest BCUT2D eigenvalue weighted by Gasteiger charge is 2.17. The fourth-order valence-corrected chi connectivity index (χ4v) is 2.33. The van der Waals surface area contributed by atoms with Crippen LogP contribution in [0.2, 0.25) is 0 Å². The van der Waals surface area contributed by atoms with Gasteiger partial charge in [0.05, 0.1) is 0 Å². The molecule has 0 rings (SSSR count). The molecule has 0 aromatic carbocycles. The van der Waals surface area contributed by atoms with E-state index in [4.69, 9.17) is 22.1 Å². The molecule has 0 fully saturated rings. The van der Waals surface area contributed by atoms with Gasteiger partial charge in [-0.25, -0.2) is 4.79 Å². The van der Waals surface area contributed by atoms with Crippen molar-refractivity contribution in [3.05, 3.63) is 0 Å². The molecule has 0 saturated carbocycles. The van der Waals surface area contributed by atoms with Gasteiger partial charge in [-0.3, -0.25) is 0 Å². The summed E-state index contributed by atoms with van der Waals surface area (Å²) in [5.74, 6) is 0. The highest BCUT2D eigenvalue weighted by atomic mass is 32.1. The van der Waals surface area contributed by atoms with Crippen molar-refractivity contribution in [3.8, 4) is 0 Å². The van der Waals surface area contributed by atoms with E-state index in [9.17, 15) is 4.79 Å². The van der Waals surface area contributed by atoms with Crippen molar-refractivity contribution < 1.29 is 14.6 Å². The second-order valence-corrected chi connectivity index (χ2v) is 8.04. The molecule has 0 spiro atoms. The van der Waals surface area contributed by atoms with Crippen LogP contribution < -0.4 is 16.0 Å². The topological polar surface area (TPSA) is 82.6 Å². The Morgan fingerprint density at radius 2 is 1.78 bits per heavy atom. The number of hydrogen-bond acceptors (Lipinski definition) is 4. The smallest absolute Gasteiger partial charge is 0.407 e. The van der Waals surface area contributed by atoms with Crippen LogP contribution in [0.4, 0.5) is 4.79 Å². The molecule has 1 amide bonds. The largest absolute Gasteiger partial charge is 0.444 e. The fourth-order valence-electron chi connectivity index (χ4n) is 1.86. The number of ether oxygens (including phenoxy) is 1. The number of thiocarbonyl (C=S) groups is 1. The minimum atomic E-state index is -0.490. The van der Waals surface area contributed by atoms with Gasteiger partial charge in [0.25, 0.3) is 0 Å². The first-order valence-electron chi connectivity index (χ1n) is 8.09. The van der Waals surface area contributed by atoms with Gasteiger partial charge in [0.2, 0.25) is 0 Å². The zero-order chi connectivity index (χ0) is 18.1. The van der Waals surface area contributed by atoms with Crippen molar-refractivity contribution in [2.24, 2.45) is 0 Å². The molecule has 0 aliphatic carbocycles. The third kappa shape index (κ3) is 14.3. The van der Waals surface area contributed by atoms with Crippen LogP contribution in [0.3, 0.4) is 0 Å². The number of amides is 1. The summed E-state index contributed by atoms with van der Waals surface area (Å²) in [5.41, 5.74) is -0.595. The first kappa shape index (κ1) is 21.9. The van der Waals surface area contributed by atoms with Gasteiger partial charge in [-0.2, -0.15) is 0 Å². The van der Waals surface area contributed by atoms with Gasteiger partial charge < -0.3 is 25.8 Å². The molecule has 4 N–H and O–H groups in total. The first-order chi connectivity index (χ1) is 10.4. The number of carbonyl (C=O) groups is 1. The second-order valence-electron chi connectivity index (χ2n) is 7.63. The van der Waals surface area contributed by atoms with Crippen LogP contribution in [-0.4, -0.2) is 46.6 Å². The highest BCUT2D eigenvalue weighted by molar-refractivity contribution is 7.80. The number of rotatable bonds is 7. The van der Waals surface area contributed by atoms with Crippen LogP contribution in [-0.2, 0) is 4.74 Å². The summed E-state index contributed by atoms with van der Waals surface area (Å²) in [6.07, 6.45) is 1.77. The van der Waals surface area contributed by atoms with Crippen LogP contribution in [0.15, 0.2) is 0 Å². The molecule has 0 bridgehead atoms. The molecule has 1 unspecified atom stereocenters. The molecule has 23 heavy (non-hydrogen) atoms. The van der Waals surface area contributed by atoms with Gasteiger partial charge >= 0.3 is 6.09 Å². The Morgan fingerprint density at radius 3 is 2.26 bits per heavy atom. The average molecular weight is 348 g/mol. The Balaban J connectivity index is 4.10. The minimum Gasteiger partial charge on any atom is -0.444 e. The van der Waals surface area contributed by atoms with E-state index in [0.717, 1.165) is 12.8 Å². The molecule has 0 aromatic rings. The van der Waals surface area contributed by atoms with Crippen molar-refractivity contribution in [2.75, 3.05) is 13.2 Å². The Labute approximate surface area is 145 Å². The van der Waals surface area contributed by atoms with Gasteiger partial charge in [-0.1, -0.05) is 0 Å². The second kappa shape index (κ2) is 9.93. The molecule has 0 aliphatic heterocycles. The lowest BCUT2D eigenvalue weighted by Crippen LogP contribution is -2.49. The molecule has 1 atom stereocenters. The predicted molar refractivity (Wildman–Crippen MR) is 97.6 cm³/mol. The molecule has 0 radical (unpaired) electrons. The quantitative estimate of drug-likeness (QED) is 0.418. The number of alkyl carbamates (subject to hydrolysis) is 1. The van der Waals surface area contributed by atoms with Crippen molar-refractivity contribution in [3.63, 3.8) is 0 Å². The molecular weight excluding hydrogens is 314 g/mol. The number of aliphatic hydroxyl groups is 1. The van der Waals surface area contributed by atoms with Crippen molar-refractivity contribution in [1.82, 2.24) is 16.0 Å². The molecule has 6 nitrogen and oxygen atoms in total. The highest BCUT2D eigenvalue weighted by Crippen LogP contribution is 2.07. The first-order valence-corrected chi connectivity index (χ1v) is 8.50. The standard InChI is InChI=1S/C16H33N3O3S/c1-15(2,3)19-13(23)18-12(9-11-20)8-7-10-17-14(21)22-16(4,5)6/h12,20H,7-11H2,1-6H3,(H,17,21)(H2,18,19,23). The van der Waals surface area contributed by atoms with E-state index in [0.29, 0.717) is 18.1 Å². The lowest BCUT2D eigenvalue weighted by atomic mass is 10.1. The Bertz CT molecular complexity index is 376. The van der Waals surface area contributed by atoms with Gasteiger partial charge in [-0.05, 0) is 73.0 Å². The van der Waals surface area contributed by atoms with Crippen molar-refractivity contribution >= 4 is 23.4 Å². The van der Waals surface area contributed by atoms with Crippen molar-refractivity contribution in [1.29, 1.82) is 0 Å². The number of hydrogen-bond donors (Lipinski definition) is 4. The van der Waals surface area contributed by atoms with E-state index in [1.165, 1.54) is 0 Å². The third-order valence-corrected chi connectivity index (χ3v) is 2.92. The summed E-state index contributed by atoms with van der Waals surface area (Å²) in [5, 5.41) is 18.9. The Hall–Kier alpha value is -1.08. The van der Waals surface area contributed by atoms with Crippen LogP contribution in [0, 0.1) is 0 Å². The molecular formula is C16H33N3O3S. The summed E-state index contributed by atoms with van der Waals surface area (Å²) in [6, 6.07) is 0.0720. The normalized spacial score (nSPS) is 13.2. The summed E-state index contributed by atoms with van der Waals surface area (Å²) >= 11 is 5.28. The van der Waals surface area contributed by atoms with Crippen LogP contribution in [0.5, 0.6) is 0 Å². The molecule has 7 heteroatoms. The van der Waals surface area contributed by atoms with E-state index in [1.54, 1.807) is 0 Å². The number of carbonyl (C=O) groups excluding carboxylic acids is 1. The summed E-state index contributed by atoms with van der Waals surface area (Å²) < 4.78 is 5.18. The lowest BCUT2D eigenvalue weighted by Gasteiger charge is -2.26. The lowest BCUT2D eigenvalue weighted by molar-refractivity contribution is 0.0526. The number of nitrogens with one attached hydrogen (secondary N) is 3. The fraction of sp³-hybridized carbons (Fsp3) is 0.875. The Kier molecular flexibility index (Phi) is 9.46. The van der Waals surface area contributed by atoms with E-state index in [2.05, 4.69) is 16.0 Å². The Morgan fingerprint density at radius 1 is 1.17 bits per heavy atom. The molecule has 0 heterocycles. The molecule has 0 aliphatic rings. The maximum atomic E-state index is 11.5. The maximum Gasteiger partial charge on any atom is 0.407 e. The van der Waals surface area contributed by atoms with E-state index < -0.39 is 11.7 Å². The van der Waals surface area contributed by atoms with Gasteiger partial charge in [0.1, 0.15) is 5.60 Å². The molecule has 136 valence electrons. The maximum absolute atomic E-state index is 11.5. The summed E-state index contributed by atoms with van der Waals surface area (Å²) in [6.45, 7) is 12.2. The van der Waals surface area contributed by atoms with Crippen LogP contribution in [0.1, 0.15) is 60.8 Å². The average Bonchev–Trinajstić information content (AvgIpc) is 2.30. The summed E-state index contributed by atoms with van der Waals surface area (Å²) in [7, 11) is 0. The van der Waals surface area contributed by atoms with Crippen molar-refractivity contribution in [2.45, 2.75) is 78.0 Å². The van der Waals surface area contributed by atoms with Crippen LogP contribution >= 0.6 is 12.2 Å². The monoisotopic (exact) mass is 347 g/mol. The van der Waals surface area contributed by atoms with Gasteiger partial charge in [0, 0.05) is 24.7 Å². The number of aliphatic hydroxyl groups excluding tert-OH is 1. The van der Waals surface area contributed by atoms with E-state index in [1.807, 2.05) is 41.5 Å². The SMILES string of the molecule is CC(C)(C)NC(=S)NC(CCO)CCCNC(=O)OC(C)(C)C. The summed E-state index contributed by atoms with van der Waals surface area (Å²) in [4.78, 5) is 11.5. The van der Waals surface area contributed by atoms with Gasteiger partial charge in [0.15, 0.2) is 5.11 Å². The van der Waals surface area contributed by atoms with E-state index >= 15 is 0 Å². The zero-order valence-corrected chi connectivity index (χ0v) is 16.1. The van der Waals surface area contributed by atoms with Gasteiger partial charge in [-0.15, -0.1) is 0 Å². The predicted octanol–water partition coefficient (Wildman–Crippen LogP) is 2.30. The molecule has 0 saturated heterocycles. The molecule has 0 aromatic heterocycles. The van der Waals surface area contributed by atoms with Crippen LogP contribution in [0.25, 0.3) is 0 Å². The third-order valence-electron chi connectivity index (χ3n) is 2.70. The minimum absolute atomic E-state index is 0.0720.